The summed E-state index contributed by atoms with van der Waals surface area (Å²) in [5.41, 5.74) is 1.11. The Hall–Kier alpha value is -2.78. The van der Waals surface area contributed by atoms with Crippen LogP contribution in [0.5, 0.6) is 0 Å². The van der Waals surface area contributed by atoms with Gasteiger partial charge in [0.2, 0.25) is 0 Å². The Labute approximate surface area is 158 Å². The summed E-state index contributed by atoms with van der Waals surface area (Å²) in [5, 5.41) is 24.0. The standard InChI is InChI=1S/C18H18N2O6S/c1-2-26-18(23)14-12-4-3-5-13(21)15(12)27-17(14)19-16(22)10-6-8-11(9-7-10)20(24)25/h6-9,13,21H,2-5H2,1H3,(H,19,22)/t13-/m0/s1. The van der Waals surface area contributed by atoms with Crippen LogP contribution in [0, 0.1) is 10.1 Å². The summed E-state index contributed by atoms with van der Waals surface area (Å²) in [7, 11) is 0. The van der Waals surface area contributed by atoms with Crippen LogP contribution in [0.1, 0.15) is 57.0 Å². The number of ether oxygens (including phenoxy) is 1. The van der Waals surface area contributed by atoms with E-state index in [4.69, 9.17) is 4.74 Å². The number of amides is 1. The van der Waals surface area contributed by atoms with Crippen LogP contribution < -0.4 is 5.32 Å². The summed E-state index contributed by atoms with van der Waals surface area (Å²) in [4.78, 5) is 35.8. The molecule has 2 aromatic rings. The normalized spacial score (nSPS) is 15.7. The Balaban J connectivity index is 1.92. The fourth-order valence-electron chi connectivity index (χ4n) is 3.02. The second-order valence-electron chi connectivity index (χ2n) is 6.04. The van der Waals surface area contributed by atoms with Crippen LogP contribution in [-0.2, 0) is 11.2 Å². The molecule has 2 N–H and O–H groups in total. The molecule has 9 heteroatoms. The first-order valence-corrected chi connectivity index (χ1v) is 9.30. The second kappa shape index (κ2) is 7.85. The van der Waals surface area contributed by atoms with Crippen molar-refractivity contribution in [3.05, 3.63) is 55.9 Å². The molecule has 0 fully saturated rings. The number of aliphatic hydroxyl groups excluding tert-OH is 1. The Morgan fingerprint density at radius 2 is 2.07 bits per heavy atom. The molecule has 0 bridgehead atoms. The number of carbonyl (C=O) groups excluding carboxylic acids is 2. The molecule has 27 heavy (non-hydrogen) atoms. The van der Waals surface area contributed by atoms with Crippen LogP contribution in [0.15, 0.2) is 24.3 Å². The first-order valence-electron chi connectivity index (χ1n) is 8.49. The minimum absolute atomic E-state index is 0.117. The minimum Gasteiger partial charge on any atom is -0.462 e. The average Bonchev–Trinajstić information content (AvgIpc) is 3.01. The number of anilines is 1. The van der Waals surface area contributed by atoms with Crippen molar-refractivity contribution in [1.82, 2.24) is 0 Å². The molecule has 0 radical (unpaired) electrons. The van der Waals surface area contributed by atoms with Gasteiger partial charge in [-0.2, -0.15) is 0 Å². The maximum absolute atomic E-state index is 12.5. The van der Waals surface area contributed by atoms with Gasteiger partial charge in [0, 0.05) is 22.6 Å². The maximum atomic E-state index is 12.5. The van der Waals surface area contributed by atoms with Gasteiger partial charge in [-0.25, -0.2) is 4.79 Å². The van der Waals surface area contributed by atoms with Crippen molar-refractivity contribution in [2.75, 3.05) is 11.9 Å². The molecule has 1 aliphatic carbocycles. The van der Waals surface area contributed by atoms with Crippen LogP contribution in [0.2, 0.25) is 0 Å². The van der Waals surface area contributed by atoms with E-state index in [1.54, 1.807) is 6.92 Å². The second-order valence-corrected chi connectivity index (χ2v) is 7.09. The Morgan fingerprint density at radius 3 is 2.70 bits per heavy atom. The Morgan fingerprint density at radius 1 is 1.37 bits per heavy atom. The number of esters is 1. The quantitative estimate of drug-likeness (QED) is 0.458. The summed E-state index contributed by atoms with van der Waals surface area (Å²) in [6.07, 6.45) is 1.31. The molecule has 0 aliphatic heterocycles. The van der Waals surface area contributed by atoms with Crippen LogP contribution in [0.4, 0.5) is 10.7 Å². The lowest BCUT2D eigenvalue weighted by atomic mass is 9.93. The fraction of sp³-hybridized carbons (Fsp3) is 0.333. The average molecular weight is 390 g/mol. The van der Waals surface area contributed by atoms with E-state index in [1.807, 2.05) is 0 Å². The molecule has 0 saturated carbocycles. The predicted octanol–water partition coefficient (Wildman–Crippen LogP) is 3.46. The highest BCUT2D eigenvalue weighted by Crippen LogP contribution is 2.43. The number of nitro benzene ring substituents is 1. The van der Waals surface area contributed by atoms with E-state index < -0.39 is 22.9 Å². The number of fused-ring (bicyclic) bond motifs is 1. The molecule has 0 saturated heterocycles. The topological polar surface area (TPSA) is 119 Å². The molecule has 0 spiro atoms. The molecular weight excluding hydrogens is 372 g/mol. The lowest BCUT2D eigenvalue weighted by Gasteiger charge is -2.17. The first kappa shape index (κ1) is 19.0. The lowest BCUT2D eigenvalue weighted by molar-refractivity contribution is -0.384. The largest absolute Gasteiger partial charge is 0.462 e. The van der Waals surface area contributed by atoms with E-state index >= 15 is 0 Å². The maximum Gasteiger partial charge on any atom is 0.341 e. The summed E-state index contributed by atoms with van der Waals surface area (Å²) in [6, 6.07) is 5.18. The highest BCUT2D eigenvalue weighted by Gasteiger charge is 2.31. The van der Waals surface area contributed by atoms with E-state index in [-0.39, 0.29) is 23.4 Å². The zero-order valence-corrected chi connectivity index (χ0v) is 15.4. The zero-order chi connectivity index (χ0) is 19.6. The van der Waals surface area contributed by atoms with Gasteiger partial charge in [0.1, 0.15) is 5.00 Å². The number of hydrogen-bond donors (Lipinski definition) is 2. The van der Waals surface area contributed by atoms with Crippen LogP contribution in [0.3, 0.4) is 0 Å². The van der Waals surface area contributed by atoms with Crippen molar-refractivity contribution in [1.29, 1.82) is 0 Å². The van der Waals surface area contributed by atoms with Crippen molar-refractivity contribution in [2.45, 2.75) is 32.3 Å². The number of non-ortho nitro benzene ring substituents is 1. The van der Waals surface area contributed by atoms with E-state index in [1.165, 1.54) is 24.3 Å². The van der Waals surface area contributed by atoms with Gasteiger partial charge in [-0.05, 0) is 43.9 Å². The Bertz CT molecular complexity index is 890. The van der Waals surface area contributed by atoms with Crippen LogP contribution in [-0.4, -0.2) is 28.5 Å². The number of aliphatic hydroxyl groups is 1. The molecule has 1 aliphatic rings. The number of nitrogens with zero attached hydrogens (tertiary/aromatic N) is 1. The molecule has 3 rings (SSSR count). The van der Waals surface area contributed by atoms with Crippen molar-refractivity contribution < 1.29 is 24.4 Å². The third kappa shape index (κ3) is 3.83. The summed E-state index contributed by atoms with van der Waals surface area (Å²) in [6.45, 7) is 1.89. The predicted molar refractivity (Wildman–Crippen MR) is 99.2 cm³/mol. The highest BCUT2D eigenvalue weighted by molar-refractivity contribution is 7.17. The van der Waals surface area contributed by atoms with Gasteiger partial charge in [0.25, 0.3) is 11.6 Å². The molecule has 142 valence electrons. The van der Waals surface area contributed by atoms with E-state index in [9.17, 15) is 24.8 Å². The molecule has 1 atom stereocenters. The molecule has 1 aromatic heterocycles. The minimum atomic E-state index is -0.669. The number of benzene rings is 1. The SMILES string of the molecule is CCOC(=O)c1c(NC(=O)c2ccc([N+](=O)[O-])cc2)sc2c1CCC[C@@H]2O. The third-order valence-electron chi connectivity index (χ3n) is 4.29. The number of rotatable bonds is 5. The van der Waals surface area contributed by atoms with Gasteiger partial charge in [-0.1, -0.05) is 0 Å². The number of nitrogens with one attached hydrogen (secondary N) is 1. The van der Waals surface area contributed by atoms with Gasteiger partial charge >= 0.3 is 5.97 Å². The molecule has 0 unspecified atom stereocenters. The molecule has 1 heterocycles. The molecule has 8 nitrogen and oxygen atoms in total. The molecular formula is C18H18N2O6S. The number of hydrogen-bond acceptors (Lipinski definition) is 7. The summed E-state index contributed by atoms with van der Waals surface area (Å²) < 4.78 is 5.12. The summed E-state index contributed by atoms with van der Waals surface area (Å²) >= 11 is 1.16. The van der Waals surface area contributed by atoms with Crippen molar-refractivity contribution in [3.8, 4) is 0 Å². The highest BCUT2D eigenvalue weighted by atomic mass is 32.1. The van der Waals surface area contributed by atoms with Gasteiger partial charge in [-0.15, -0.1) is 11.3 Å². The number of thiophene rings is 1. The van der Waals surface area contributed by atoms with Crippen molar-refractivity contribution in [2.24, 2.45) is 0 Å². The van der Waals surface area contributed by atoms with Gasteiger partial charge in [0.05, 0.1) is 23.2 Å². The number of nitro groups is 1. The summed E-state index contributed by atoms with van der Waals surface area (Å²) in [5.74, 6) is -1.04. The van der Waals surface area contributed by atoms with Gasteiger partial charge < -0.3 is 15.2 Å². The van der Waals surface area contributed by atoms with Gasteiger partial charge in [-0.3, -0.25) is 14.9 Å². The van der Waals surface area contributed by atoms with Crippen molar-refractivity contribution >= 4 is 33.9 Å². The first-order chi connectivity index (χ1) is 12.9. The smallest absolute Gasteiger partial charge is 0.341 e. The van der Waals surface area contributed by atoms with E-state index in [2.05, 4.69) is 5.32 Å². The zero-order valence-electron chi connectivity index (χ0n) is 14.6. The third-order valence-corrected chi connectivity index (χ3v) is 5.54. The van der Waals surface area contributed by atoms with E-state index in [0.29, 0.717) is 22.7 Å². The fourth-order valence-corrected chi connectivity index (χ4v) is 4.27. The van der Waals surface area contributed by atoms with E-state index in [0.717, 1.165) is 23.3 Å². The Kier molecular flexibility index (Phi) is 5.52. The van der Waals surface area contributed by atoms with Crippen molar-refractivity contribution in [3.63, 3.8) is 0 Å². The monoisotopic (exact) mass is 390 g/mol. The van der Waals surface area contributed by atoms with Crippen LogP contribution in [0.25, 0.3) is 0 Å². The lowest BCUT2D eigenvalue weighted by Crippen LogP contribution is -2.16. The van der Waals surface area contributed by atoms with Crippen LogP contribution >= 0.6 is 11.3 Å². The number of carbonyl (C=O) groups is 2. The molecule has 1 amide bonds. The van der Waals surface area contributed by atoms with Gasteiger partial charge in [0.15, 0.2) is 0 Å². The molecule has 1 aromatic carbocycles.